The Kier molecular flexibility index (Phi) is 23.6. The Bertz CT molecular complexity index is 2860. The summed E-state index contributed by atoms with van der Waals surface area (Å²) in [6, 6.07) is 21.3. The number of nitrogens with zero attached hydrogens (tertiary/aromatic N) is 18. The van der Waals surface area contributed by atoms with Gasteiger partial charge in [-0.2, -0.15) is 10.2 Å². The fourth-order valence-corrected chi connectivity index (χ4v) is 5.58. The van der Waals surface area contributed by atoms with Gasteiger partial charge in [-0.05, 0) is 62.4 Å². The number of aliphatic hydroxyl groups excluding tert-OH is 4. The second-order valence-electron chi connectivity index (χ2n) is 14.2. The van der Waals surface area contributed by atoms with E-state index in [1.807, 2.05) is 6.07 Å². The Morgan fingerprint density at radius 3 is 1.16 bits per heavy atom. The zero-order valence-corrected chi connectivity index (χ0v) is 40.6. The molecule has 32 heteroatoms. The quantitative estimate of drug-likeness (QED) is 0.0401. The highest BCUT2D eigenvalue weighted by Gasteiger charge is 2.23. The van der Waals surface area contributed by atoms with Crippen molar-refractivity contribution in [1.82, 2.24) is 92.2 Å². The molecule has 2 amide bonds. The molecule has 0 atom stereocenters. The largest absolute Gasteiger partial charge is 0.460 e. The lowest BCUT2D eigenvalue weighted by Gasteiger charge is -2.22. The topological polar surface area (TPSA) is 426 Å². The minimum atomic E-state index is -0.639. The number of ether oxygens (including phenoxy) is 2. The molecule has 8 heterocycles. The number of rotatable bonds is 18. The van der Waals surface area contributed by atoms with Crippen LogP contribution in [0.2, 0.25) is 0 Å². The summed E-state index contributed by atoms with van der Waals surface area (Å²) in [7, 11) is 0. The van der Waals surface area contributed by atoms with E-state index >= 15 is 0 Å². The van der Waals surface area contributed by atoms with Gasteiger partial charge >= 0.3 is 11.9 Å². The molecule has 0 radical (unpaired) electrons. The van der Waals surface area contributed by atoms with Crippen LogP contribution in [-0.4, -0.2) is 204 Å². The second-order valence-corrected chi connectivity index (χ2v) is 14.2. The monoisotopic (exact) mass is 1050 g/mol. The second kappa shape index (κ2) is 31.5. The van der Waals surface area contributed by atoms with Crippen molar-refractivity contribution in [2.75, 3.05) is 65.8 Å². The van der Waals surface area contributed by atoms with Crippen molar-refractivity contribution in [2.24, 2.45) is 20.4 Å². The molecule has 396 valence electrons. The fraction of sp³-hybridized carbons (Fsp3) is 0.273. The van der Waals surface area contributed by atoms with E-state index in [9.17, 15) is 19.2 Å². The van der Waals surface area contributed by atoms with E-state index in [0.29, 0.717) is 34.4 Å². The lowest BCUT2D eigenvalue weighted by molar-refractivity contribution is -0.135. The van der Waals surface area contributed by atoms with Crippen LogP contribution < -0.4 is 21.7 Å². The molecule has 0 fully saturated rings. The van der Waals surface area contributed by atoms with Crippen LogP contribution in [0.4, 0.5) is 0 Å². The minimum absolute atomic E-state index is 0.0171. The third kappa shape index (κ3) is 17.7. The van der Waals surface area contributed by atoms with Crippen molar-refractivity contribution in [3.05, 3.63) is 121 Å². The Balaban J connectivity index is 0.000000188. The number of hydrogen-bond acceptors (Lipinski definition) is 30. The predicted octanol–water partition coefficient (Wildman–Crippen LogP) is -2.86. The van der Waals surface area contributed by atoms with Gasteiger partial charge < -0.3 is 39.7 Å². The first-order valence-corrected chi connectivity index (χ1v) is 22.7. The van der Waals surface area contributed by atoms with Crippen molar-refractivity contribution in [1.29, 1.82) is 0 Å². The standard InChI is InChI=1S/C12H16N6O3.C12H14N6O3.C10H11N5O2.C10H9N5O2/c2*19-7-5-18(6-8-20)12(21)11-16-14-10(15-17-11)9-3-1-2-4-13-9;2*1-2-17-10(16)9-14-12-8(13-15-9)7-5-3-4-6-11-7/h1-4,19-20H,5-8H2,(H,14,15)(H,16,17);1-4,19-20H,5-8H2;3-6H,2H2,1H3,(H,12,13)(H,14,15);3-6H,2H2,1H3. The first kappa shape index (κ1) is 57.0. The van der Waals surface area contributed by atoms with Crippen LogP contribution >= 0.6 is 0 Å². The van der Waals surface area contributed by atoms with Crippen molar-refractivity contribution in [2.45, 2.75) is 13.8 Å². The molecule has 2 aliphatic rings. The van der Waals surface area contributed by atoms with Gasteiger partial charge in [0.1, 0.15) is 22.8 Å². The number of nitrogens with one attached hydrogen (secondary N) is 4. The minimum Gasteiger partial charge on any atom is -0.460 e. The lowest BCUT2D eigenvalue weighted by atomic mass is 10.3. The zero-order chi connectivity index (χ0) is 54.3. The highest BCUT2D eigenvalue weighted by atomic mass is 16.5. The van der Waals surface area contributed by atoms with Crippen LogP contribution in [0.3, 0.4) is 0 Å². The zero-order valence-electron chi connectivity index (χ0n) is 40.6. The van der Waals surface area contributed by atoms with E-state index in [1.54, 1.807) is 105 Å². The van der Waals surface area contributed by atoms with Gasteiger partial charge in [0.05, 0.1) is 39.6 Å². The fourth-order valence-electron chi connectivity index (χ4n) is 5.58. The maximum absolute atomic E-state index is 12.1. The summed E-state index contributed by atoms with van der Waals surface area (Å²) in [5, 5.41) is 81.2. The van der Waals surface area contributed by atoms with Crippen LogP contribution in [0.15, 0.2) is 118 Å². The van der Waals surface area contributed by atoms with Crippen LogP contribution in [0.25, 0.3) is 23.0 Å². The van der Waals surface area contributed by atoms with Gasteiger partial charge in [0.25, 0.3) is 29.3 Å². The van der Waals surface area contributed by atoms with E-state index in [1.165, 1.54) is 9.80 Å². The number of amidine groups is 4. The number of aliphatic hydroxyl groups is 4. The summed E-state index contributed by atoms with van der Waals surface area (Å²) in [6.45, 7) is 3.48. The molecule has 0 saturated carbocycles. The maximum Gasteiger partial charge on any atom is 0.380 e. The summed E-state index contributed by atoms with van der Waals surface area (Å²) < 4.78 is 9.48. The molecule has 0 aliphatic carbocycles. The number of carbonyl (C=O) groups excluding carboxylic acids is 4. The molecule has 6 aromatic heterocycles. The van der Waals surface area contributed by atoms with E-state index in [4.69, 9.17) is 29.9 Å². The average molecular weight is 1050 g/mol. The molecule has 0 unspecified atom stereocenters. The third-order valence-electron chi connectivity index (χ3n) is 9.03. The number of hydrazone groups is 4. The highest BCUT2D eigenvalue weighted by molar-refractivity contribution is 6.38. The van der Waals surface area contributed by atoms with E-state index in [0.717, 1.165) is 0 Å². The van der Waals surface area contributed by atoms with Gasteiger partial charge in [-0.15, -0.1) is 51.0 Å². The molecular formula is C44H50N22O10. The number of carbonyl (C=O) groups is 4. The Hall–Kier alpha value is -9.92. The van der Waals surface area contributed by atoms with Crippen LogP contribution in [-0.2, 0) is 19.1 Å². The van der Waals surface area contributed by atoms with Crippen molar-refractivity contribution in [3.63, 3.8) is 0 Å². The summed E-state index contributed by atoms with van der Waals surface area (Å²) >= 11 is 0. The normalized spacial score (nSPS) is 12.0. The van der Waals surface area contributed by atoms with Gasteiger partial charge in [0.15, 0.2) is 11.7 Å². The molecule has 76 heavy (non-hydrogen) atoms. The van der Waals surface area contributed by atoms with Gasteiger partial charge in [0.2, 0.25) is 17.5 Å². The summed E-state index contributed by atoms with van der Waals surface area (Å²) in [5.41, 5.74) is 12.6. The van der Waals surface area contributed by atoms with Gasteiger partial charge in [-0.1, -0.05) is 24.3 Å². The van der Waals surface area contributed by atoms with Crippen molar-refractivity contribution >= 4 is 47.1 Å². The molecule has 0 spiro atoms. The molecule has 6 aromatic rings. The smallest absolute Gasteiger partial charge is 0.380 e. The molecule has 2 aliphatic heterocycles. The summed E-state index contributed by atoms with van der Waals surface area (Å²) in [5.74, 6) is -1.25. The predicted molar refractivity (Wildman–Crippen MR) is 264 cm³/mol. The third-order valence-corrected chi connectivity index (χ3v) is 9.03. The van der Waals surface area contributed by atoms with E-state index in [2.05, 4.69) is 103 Å². The molecule has 0 aromatic carbocycles. The van der Waals surface area contributed by atoms with Gasteiger partial charge in [-0.25, -0.2) is 9.59 Å². The molecular weight excluding hydrogens is 997 g/mol. The summed E-state index contributed by atoms with van der Waals surface area (Å²) in [6.07, 6.45) is 6.46. The summed E-state index contributed by atoms with van der Waals surface area (Å²) in [4.78, 5) is 65.5. The Morgan fingerprint density at radius 1 is 0.434 bits per heavy atom. The number of aromatic nitrogens is 12. The van der Waals surface area contributed by atoms with Gasteiger partial charge in [-0.3, -0.25) is 51.2 Å². The van der Waals surface area contributed by atoms with E-state index < -0.39 is 23.8 Å². The number of hydrogen-bond donors (Lipinski definition) is 8. The molecule has 8 rings (SSSR count). The number of pyridine rings is 4. The van der Waals surface area contributed by atoms with Crippen LogP contribution in [0, 0.1) is 0 Å². The van der Waals surface area contributed by atoms with Crippen molar-refractivity contribution < 1.29 is 49.1 Å². The first-order chi connectivity index (χ1) is 37.1. The molecule has 0 bridgehead atoms. The molecule has 8 N–H and O–H groups in total. The number of esters is 2. The highest BCUT2D eigenvalue weighted by Crippen LogP contribution is 2.09. The Morgan fingerprint density at radius 2 is 0.803 bits per heavy atom. The van der Waals surface area contributed by atoms with Crippen LogP contribution in [0.5, 0.6) is 0 Å². The number of amides is 2. The van der Waals surface area contributed by atoms with Crippen LogP contribution in [0.1, 0.15) is 46.5 Å². The molecule has 0 saturated heterocycles. The average Bonchev–Trinajstić information content (AvgIpc) is 3.48. The Labute approximate surface area is 431 Å². The first-order valence-electron chi connectivity index (χ1n) is 22.7. The molecule has 32 nitrogen and oxygen atoms in total. The SMILES string of the molecule is CCOC(=O)C1=NNC(c2ccccn2)=NN1.CCOC(=O)c1nnc(-c2ccccn2)nn1.O=C(C1=NNC(c2ccccn2)=NN1)N(CCO)CCO.O=C(c1nnc(-c2ccccn2)nn1)N(CCO)CCO. The van der Waals surface area contributed by atoms with E-state index in [-0.39, 0.29) is 101 Å². The maximum atomic E-state index is 12.1. The van der Waals surface area contributed by atoms with Gasteiger partial charge in [0, 0.05) is 51.0 Å². The lowest BCUT2D eigenvalue weighted by Crippen LogP contribution is -2.47. The van der Waals surface area contributed by atoms with Crippen molar-refractivity contribution in [3.8, 4) is 23.0 Å².